The van der Waals surface area contributed by atoms with Crippen molar-refractivity contribution in [3.63, 3.8) is 0 Å². The number of ether oxygens (including phenoxy) is 3. The van der Waals surface area contributed by atoms with E-state index in [0.717, 1.165) is 25.7 Å². The van der Waals surface area contributed by atoms with E-state index < -0.39 is 11.4 Å². The van der Waals surface area contributed by atoms with E-state index in [4.69, 9.17) is 14.2 Å². The third kappa shape index (κ3) is 4.28. The fraction of sp³-hybridized carbons (Fsp3) is 0.519. The van der Waals surface area contributed by atoms with Crippen molar-refractivity contribution in [3.05, 3.63) is 71.8 Å². The third-order valence-electron chi connectivity index (χ3n) is 7.37. The monoisotopic (exact) mass is 417 g/mol. The number of hydrogen-bond acceptors (Lipinski definition) is 4. The first kappa shape index (κ1) is 20.7. The first-order valence-corrected chi connectivity index (χ1v) is 11.4. The Labute approximate surface area is 185 Å². The highest BCUT2D eigenvalue weighted by Gasteiger charge is 2.57. The van der Waals surface area contributed by atoms with Crippen LogP contribution in [0.2, 0.25) is 0 Å². The molecular weight excluding hydrogens is 386 g/mol. The van der Waals surface area contributed by atoms with Gasteiger partial charge in [-0.3, -0.25) is 0 Å². The van der Waals surface area contributed by atoms with Crippen molar-refractivity contribution >= 4 is 0 Å². The number of nitriles is 1. The van der Waals surface area contributed by atoms with Crippen molar-refractivity contribution in [1.82, 2.24) is 0 Å². The van der Waals surface area contributed by atoms with Crippen LogP contribution < -0.4 is 0 Å². The zero-order chi connectivity index (χ0) is 21.4. The standard InChI is InChI=1S/C27H31NO3/c1-25-18-29-27(30-19-25,31-20-25)16-26(17-28)14-23(12-21-8-4-2-5-9-21)24(15-26)13-22-10-6-3-7-11-22/h2-11,23-24H,12-16,18-20H2,1H3. The maximum absolute atomic E-state index is 10.4. The average molecular weight is 418 g/mol. The van der Waals surface area contributed by atoms with Crippen LogP contribution >= 0.6 is 0 Å². The number of rotatable bonds is 6. The molecule has 2 bridgehead atoms. The van der Waals surface area contributed by atoms with Gasteiger partial charge in [0.05, 0.1) is 31.3 Å². The molecule has 2 aromatic rings. The molecule has 0 spiro atoms. The van der Waals surface area contributed by atoms with E-state index in [1.54, 1.807) is 0 Å². The predicted molar refractivity (Wildman–Crippen MR) is 118 cm³/mol. The average Bonchev–Trinajstić information content (AvgIpc) is 3.13. The molecule has 0 aromatic heterocycles. The van der Waals surface area contributed by atoms with Gasteiger partial charge in [0, 0.05) is 11.8 Å². The van der Waals surface area contributed by atoms with Crippen molar-refractivity contribution in [2.75, 3.05) is 19.8 Å². The summed E-state index contributed by atoms with van der Waals surface area (Å²) in [6, 6.07) is 24.0. The van der Waals surface area contributed by atoms with Gasteiger partial charge in [-0.15, -0.1) is 0 Å². The Balaban J connectivity index is 1.38. The third-order valence-corrected chi connectivity index (χ3v) is 7.37. The molecule has 4 nitrogen and oxygen atoms in total. The van der Waals surface area contributed by atoms with Crippen LogP contribution in [0.15, 0.2) is 60.7 Å². The van der Waals surface area contributed by atoms with Gasteiger partial charge < -0.3 is 14.2 Å². The van der Waals surface area contributed by atoms with Crippen molar-refractivity contribution < 1.29 is 14.2 Å². The first-order chi connectivity index (χ1) is 15.0. The molecular formula is C27H31NO3. The molecule has 0 N–H and O–H groups in total. The molecule has 6 rings (SSSR count). The largest absolute Gasteiger partial charge is 0.327 e. The molecule has 31 heavy (non-hydrogen) atoms. The number of hydrogen-bond donors (Lipinski definition) is 0. The molecule has 2 atom stereocenters. The number of benzene rings is 2. The summed E-state index contributed by atoms with van der Waals surface area (Å²) in [7, 11) is 0. The topological polar surface area (TPSA) is 51.5 Å². The quantitative estimate of drug-likeness (QED) is 0.653. The zero-order valence-corrected chi connectivity index (χ0v) is 18.3. The van der Waals surface area contributed by atoms with Crippen LogP contribution in [0.1, 0.15) is 37.3 Å². The Hall–Kier alpha value is -2.19. The molecule has 4 heteroatoms. The molecule has 4 aliphatic rings. The molecule has 1 aliphatic carbocycles. The predicted octanol–water partition coefficient (Wildman–Crippen LogP) is 5.14. The highest BCUT2D eigenvalue weighted by atomic mass is 16.9. The smallest absolute Gasteiger partial charge is 0.284 e. The van der Waals surface area contributed by atoms with E-state index in [9.17, 15) is 5.26 Å². The van der Waals surface area contributed by atoms with Crippen LogP contribution in [0, 0.1) is 34.0 Å². The van der Waals surface area contributed by atoms with Gasteiger partial charge in [-0.2, -0.15) is 5.26 Å². The lowest BCUT2D eigenvalue weighted by Crippen LogP contribution is -2.60. The molecule has 0 radical (unpaired) electrons. The van der Waals surface area contributed by atoms with Crippen molar-refractivity contribution in [2.24, 2.45) is 22.7 Å². The van der Waals surface area contributed by atoms with Crippen molar-refractivity contribution in [1.29, 1.82) is 5.26 Å². The van der Waals surface area contributed by atoms with E-state index in [2.05, 4.69) is 73.7 Å². The zero-order valence-electron chi connectivity index (χ0n) is 18.3. The second-order valence-electron chi connectivity index (χ2n) is 10.2. The van der Waals surface area contributed by atoms with Gasteiger partial charge in [0.15, 0.2) is 0 Å². The van der Waals surface area contributed by atoms with Crippen LogP contribution in [0.25, 0.3) is 0 Å². The minimum Gasteiger partial charge on any atom is -0.327 e. The summed E-state index contributed by atoms with van der Waals surface area (Å²) in [5.41, 5.74) is 2.12. The Kier molecular flexibility index (Phi) is 5.38. The minimum absolute atomic E-state index is 0.0665. The van der Waals surface area contributed by atoms with Crippen LogP contribution in [0.4, 0.5) is 0 Å². The summed E-state index contributed by atoms with van der Waals surface area (Å²) in [4.78, 5) is 0. The van der Waals surface area contributed by atoms with Gasteiger partial charge in [0.1, 0.15) is 0 Å². The fourth-order valence-corrected chi connectivity index (χ4v) is 5.68. The van der Waals surface area contributed by atoms with Gasteiger partial charge in [-0.1, -0.05) is 67.6 Å². The molecule has 3 saturated heterocycles. The van der Waals surface area contributed by atoms with E-state index in [-0.39, 0.29) is 5.41 Å². The lowest BCUT2D eigenvalue weighted by atomic mass is 9.80. The lowest BCUT2D eigenvalue weighted by Gasteiger charge is -2.51. The molecule has 0 amide bonds. The minimum atomic E-state index is -1.05. The summed E-state index contributed by atoms with van der Waals surface area (Å²) in [5, 5.41) is 10.4. The maximum atomic E-state index is 10.4. The SMILES string of the molecule is CC12COC(CC3(C#N)CC(Cc4ccccc4)C(Cc4ccccc4)C3)(OC1)OC2. The Morgan fingerprint density at radius 3 is 1.68 bits per heavy atom. The second-order valence-corrected chi connectivity index (χ2v) is 10.2. The summed E-state index contributed by atoms with van der Waals surface area (Å²) >= 11 is 0. The fourth-order valence-electron chi connectivity index (χ4n) is 5.68. The summed E-state index contributed by atoms with van der Waals surface area (Å²) in [5.74, 6) is -0.168. The van der Waals surface area contributed by atoms with Gasteiger partial charge in [-0.05, 0) is 48.6 Å². The highest BCUT2D eigenvalue weighted by Crippen LogP contribution is 2.54. The van der Waals surface area contributed by atoms with E-state index in [1.165, 1.54) is 11.1 Å². The first-order valence-electron chi connectivity index (χ1n) is 11.4. The summed E-state index contributed by atoms with van der Waals surface area (Å²) < 4.78 is 18.2. The van der Waals surface area contributed by atoms with Gasteiger partial charge >= 0.3 is 0 Å². The molecule has 2 aromatic carbocycles. The van der Waals surface area contributed by atoms with E-state index in [0.29, 0.717) is 38.1 Å². The molecule has 2 unspecified atom stereocenters. The van der Waals surface area contributed by atoms with Crippen LogP contribution in [-0.2, 0) is 27.1 Å². The maximum Gasteiger partial charge on any atom is 0.284 e. The number of fused-ring (bicyclic) bond motifs is 3. The highest BCUT2D eigenvalue weighted by molar-refractivity contribution is 5.21. The summed E-state index contributed by atoms with van der Waals surface area (Å²) in [6.07, 6.45) is 4.18. The lowest BCUT2D eigenvalue weighted by molar-refractivity contribution is -0.472. The van der Waals surface area contributed by atoms with Gasteiger partial charge in [0.2, 0.25) is 0 Å². The molecule has 3 aliphatic heterocycles. The molecule has 162 valence electrons. The Bertz CT molecular complexity index is 862. The molecule has 1 saturated carbocycles. The van der Waals surface area contributed by atoms with Gasteiger partial charge in [-0.25, -0.2) is 0 Å². The summed E-state index contributed by atoms with van der Waals surface area (Å²) in [6.45, 7) is 4.03. The van der Waals surface area contributed by atoms with Crippen LogP contribution in [0.3, 0.4) is 0 Å². The van der Waals surface area contributed by atoms with Crippen molar-refractivity contribution in [3.8, 4) is 6.07 Å². The second kappa shape index (κ2) is 8.06. The van der Waals surface area contributed by atoms with Crippen LogP contribution in [0.5, 0.6) is 0 Å². The van der Waals surface area contributed by atoms with E-state index in [1.807, 2.05) is 0 Å². The Morgan fingerprint density at radius 1 is 0.806 bits per heavy atom. The van der Waals surface area contributed by atoms with Crippen LogP contribution in [-0.4, -0.2) is 25.8 Å². The molecule has 3 heterocycles. The Morgan fingerprint density at radius 2 is 1.26 bits per heavy atom. The van der Waals surface area contributed by atoms with E-state index >= 15 is 0 Å². The number of nitrogens with zero attached hydrogens (tertiary/aromatic N) is 1. The normalized spacial score (nSPS) is 36.9. The molecule has 4 fully saturated rings. The van der Waals surface area contributed by atoms with Gasteiger partial charge in [0.25, 0.3) is 5.97 Å². The van der Waals surface area contributed by atoms with Crippen molar-refractivity contribution in [2.45, 2.75) is 45.0 Å².